The Bertz CT molecular complexity index is 598. The van der Waals surface area contributed by atoms with E-state index in [1.165, 1.54) is 12.4 Å². The molecule has 0 spiro atoms. The molecule has 1 aromatic rings. The lowest BCUT2D eigenvalue weighted by atomic mass is 9.94. The third-order valence-electron chi connectivity index (χ3n) is 2.49. The molecule has 18 heavy (non-hydrogen) atoms. The Kier molecular flexibility index (Phi) is 3.35. The van der Waals surface area contributed by atoms with Gasteiger partial charge in [-0.05, 0) is 23.8 Å². The fourth-order valence-electron chi connectivity index (χ4n) is 1.62. The van der Waals surface area contributed by atoms with E-state index in [4.69, 9.17) is 16.9 Å². The van der Waals surface area contributed by atoms with E-state index < -0.39 is 10.9 Å². The van der Waals surface area contributed by atoms with Crippen LogP contribution in [0.4, 0.5) is 5.95 Å². The molecule has 0 fully saturated rings. The van der Waals surface area contributed by atoms with Gasteiger partial charge >= 0.3 is 5.95 Å². The summed E-state index contributed by atoms with van der Waals surface area (Å²) >= 11 is 5.93. The van der Waals surface area contributed by atoms with Gasteiger partial charge in [-0.2, -0.15) is 5.26 Å². The second-order valence-electron chi connectivity index (χ2n) is 3.62. The second kappa shape index (κ2) is 4.94. The maximum absolute atomic E-state index is 10.4. The summed E-state index contributed by atoms with van der Waals surface area (Å²) in [4.78, 5) is 17.0. The summed E-state index contributed by atoms with van der Waals surface area (Å²) in [7, 11) is 0. The third-order valence-corrected chi connectivity index (χ3v) is 2.79. The Balaban J connectivity index is 2.45. The molecule has 0 saturated carbocycles. The highest BCUT2D eigenvalue weighted by atomic mass is 35.5. The first-order chi connectivity index (χ1) is 8.61. The topological polar surface area (TPSA) is 92.7 Å². The van der Waals surface area contributed by atoms with Crippen molar-refractivity contribution in [1.82, 2.24) is 9.97 Å². The van der Waals surface area contributed by atoms with E-state index in [1.54, 1.807) is 6.08 Å². The fourth-order valence-corrected chi connectivity index (χ4v) is 1.83. The standard InChI is InChI=1S/C11H7ClN4O2/c12-9-2-1-7(4-13)10(3-9)8-5-14-11(15-6-8)16(17)18/h3,5-6H,1-2H2. The summed E-state index contributed by atoms with van der Waals surface area (Å²) in [6, 6.07) is 2.10. The molecule has 0 radical (unpaired) electrons. The van der Waals surface area contributed by atoms with Crippen LogP contribution in [-0.2, 0) is 0 Å². The SMILES string of the molecule is N#CC1=C(c2cnc([N+](=O)[O-])nc2)C=C(Cl)CC1. The maximum atomic E-state index is 10.4. The minimum absolute atomic E-state index is 0.469. The number of allylic oxidation sites excluding steroid dienone is 4. The average Bonchev–Trinajstić information content (AvgIpc) is 2.39. The quantitative estimate of drug-likeness (QED) is 0.603. The van der Waals surface area contributed by atoms with E-state index >= 15 is 0 Å². The smallest absolute Gasteiger partial charge is 0.390 e. The first-order valence-electron chi connectivity index (χ1n) is 5.08. The molecular weight excluding hydrogens is 256 g/mol. The molecule has 1 aliphatic carbocycles. The third kappa shape index (κ3) is 2.36. The first kappa shape index (κ1) is 12.2. The van der Waals surface area contributed by atoms with Crippen LogP contribution in [0.15, 0.2) is 29.1 Å². The monoisotopic (exact) mass is 262 g/mol. The van der Waals surface area contributed by atoms with Gasteiger partial charge in [-0.15, -0.1) is 0 Å². The Morgan fingerprint density at radius 3 is 2.61 bits per heavy atom. The average molecular weight is 263 g/mol. The summed E-state index contributed by atoms with van der Waals surface area (Å²) in [6.45, 7) is 0. The van der Waals surface area contributed by atoms with Gasteiger partial charge in [0.25, 0.3) is 0 Å². The molecule has 0 N–H and O–H groups in total. The van der Waals surface area contributed by atoms with Gasteiger partial charge in [0.15, 0.2) is 0 Å². The van der Waals surface area contributed by atoms with E-state index in [2.05, 4.69) is 16.0 Å². The minimum atomic E-state index is -0.674. The number of nitro groups is 1. The van der Waals surface area contributed by atoms with Crippen LogP contribution in [0.5, 0.6) is 0 Å². The van der Waals surface area contributed by atoms with Crippen molar-refractivity contribution in [2.75, 3.05) is 0 Å². The Morgan fingerprint density at radius 2 is 2.06 bits per heavy atom. The molecule has 0 saturated heterocycles. The zero-order valence-electron chi connectivity index (χ0n) is 9.13. The van der Waals surface area contributed by atoms with E-state index in [9.17, 15) is 10.1 Å². The molecule has 7 heteroatoms. The molecule has 2 rings (SSSR count). The largest absolute Gasteiger partial charge is 0.468 e. The van der Waals surface area contributed by atoms with E-state index in [0.29, 0.717) is 34.6 Å². The summed E-state index contributed by atoms with van der Waals surface area (Å²) in [5.41, 5.74) is 1.76. The second-order valence-corrected chi connectivity index (χ2v) is 4.11. The molecule has 1 aromatic heterocycles. The maximum Gasteiger partial charge on any atom is 0.468 e. The van der Waals surface area contributed by atoms with Gasteiger partial charge in [-0.3, -0.25) is 0 Å². The predicted octanol–water partition coefficient (Wildman–Crippen LogP) is 2.58. The highest BCUT2D eigenvalue weighted by molar-refractivity contribution is 6.30. The number of hydrogen-bond donors (Lipinski definition) is 0. The molecule has 0 bridgehead atoms. The van der Waals surface area contributed by atoms with E-state index in [-0.39, 0.29) is 0 Å². The molecule has 1 heterocycles. The molecule has 6 nitrogen and oxygen atoms in total. The van der Waals surface area contributed by atoms with Crippen LogP contribution in [0.25, 0.3) is 5.57 Å². The van der Waals surface area contributed by atoms with Crippen molar-refractivity contribution in [2.45, 2.75) is 12.8 Å². The molecule has 0 amide bonds. The fraction of sp³-hybridized carbons (Fsp3) is 0.182. The number of rotatable bonds is 2. The van der Waals surface area contributed by atoms with Gasteiger partial charge in [-0.25, -0.2) is 0 Å². The lowest BCUT2D eigenvalue weighted by molar-refractivity contribution is -0.394. The highest BCUT2D eigenvalue weighted by Crippen LogP contribution is 2.31. The summed E-state index contributed by atoms with van der Waals surface area (Å²) in [6.07, 6.45) is 5.50. The zero-order chi connectivity index (χ0) is 13.1. The highest BCUT2D eigenvalue weighted by Gasteiger charge is 2.17. The van der Waals surface area contributed by atoms with E-state index in [1.807, 2.05) is 0 Å². The van der Waals surface area contributed by atoms with E-state index in [0.717, 1.165) is 0 Å². The molecule has 1 aliphatic rings. The molecule has 0 aliphatic heterocycles. The van der Waals surface area contributed by atoms with Crippen molar-refractivity contribution in [3.05, 3.63) is 44.8 Å². The number of nitriles is 1. The first-order valence-corrected chi connectivity index (χ1v) is 5.45. The zero-order valence-corrected chi connectivity index (χ0v) is 9.89. The lowest BCUT2D eigenvalue weighted by Gasteiger charge is -2.11. The van der Waals surface area contributed by atoms with Crippen molar-refractivity contribution >= 4 is 23.1 Å². The number of aromatic nitrogens is 2. The summed E-state index contributed by atoms with van der Waals surface area (Å²) in [5, 5.41) is 20.1. The van der Waals surface area contributed by atoms with Crippen molar-refractivity contribution in [3.8, 4) is 6.07 Å². The lowest BCUT2D eigenvalue weighted by Crippen LogP contribution is -1.99. The normalized spacial score (nSPS) is 15.0. The van der Waals surface area contributed by atoms with Crippen molar-refractivity contribution in [1.29, 1.82) is 5.26 Å². The number of hydrogen-bond acceptors (Lipinski definition) is 5. The Morgan fingerprint density at radius 1 is 1.39 bits per heavy atom. The molecular formula is C11H7ClN4O2. The van der Waals surface area contributed by atoms with Gasteiger partial charge in [0.1, 0.15) is 12.4 Å². The van der Waals surface area contributed by atoms with Gasteiger partial charge in [0, 0.05) is 16.2 Å². The van der Waals surface area contributed by atoms with Crippen molar-refractivity contribution in [3.63, 3.8) is 0 Å². The van der Waals surface area contributed by atoms with Crippen LogP contribution >= 0.6 is 11.6 Å². The Hall–Kier alpha value is -2.26. The Labute approximate surface area is 107 Å². The van der Waals surface area contributed by atoms with Crippen LogP contribution in [0.2, 0.25) is 0 Å². The van der Waals surface area contributed by atoms with Crippen LogP contribution in [0.3, 0.4) is 0 Å². The molecule has 0 atom stereocenters. The summed E-state index contributed by atoms with van der Waals surface area (Å²) in [5.74, 6) is -0.469. The van der Waals surface area contributed by atoms with Gasteiger partial charge in [0.05, 0.1) is 11.6 Å². The van der Waals surface area contributed by atoms with Crippen LogP contribution in [0, 0.1) is 21.4 Å². The number of halogens is 1. The van der Waals surface area contributed by atoms with Crippen LogP contribution in [0.1, 0.15) is 18.4 Å². The van der Waals surface area contributed by atoms with Gasteiger partial charge in [-0.1, -0.05) is 21.6 Å². The van der Waals surface area contributed by atoms with Gasteiger partial charge < -0.3 is 10.1 Å². The minimum Gasteiger partial charge on any atom is -0.390 e. The van der Waals surface area contributed by atoms with Crippen molar-refractivity contribution < 1.29 is 4.92 Å². The van der Waals surface area contributed by atoms with Crippen LogP contribution < -0.4 is 0 Å². The summed E-state index contributed by atoms with van der Waals surface area (Å²) < 4.78 is 0. The molecule has 90 valence electrons. The van der Waals surface area contributed by atoms with Gasteiger partial charge in [0.2, 0.25) is 0 Å². The molecule has 0 aromatic carbocycles. The van der Waals surface area contributed by atoms with Crippen molar-refractivity contribution in [2.24, 2.45) is 0 Å². The molecule has 0 unspecified atom stereocenters. The number of nitrogens with zero attached hydrogens (tertiary/aromatic N) is 4. The predicted molar refractivity (Wildman–Crippen MR) is 64.4 cm³/mol. The van der Waals surface area contributed by atoms with Crippen LogP contribution in [-0.4, -0.2) is 14.9 Å².